The molecular weight excluding hydrogens is 304 g/mol. The Morgan fingerprint density at radius 2 is 1.79 bits per heavy atom. The summed E-state index contributed by atoms with van der Waals surface area (Å²) in [6.07, 6.45) is 0. The Kier molecular flexibility index (Phi) is 4.01. The molecule has 1 aliphatic rings. The molecule has 0 bridgehead atoms. The summed E-state index contributed by atoms with van der Waals surface area (Å²) in [7, 11) is 0. The number of anilines is 1. The van der Waals surface area contributed by atoms with E-state index in [0.717, 1.165) is 16.7 Å². The second kappa shape index (κ2) is 6.00. The van der Waals surface area contributed by atoms with Gasteiger partial charge in [-0.2, -0.15) is 0 Å². The molecule has 0 saturated carbocycles. The highest BCUT2D eigenvalue weighted by molar-refractivity contribution is 6.15. The molecule has 2 N–H and O–H groups in total. The van der Waals surface area contributed by atoms with Gasteiger partial charge in [0.15, 0.2) is 0 Å². The summed E-state index contributed by atoms with van der Waals surface area (Å²) < 4.78 is 5.73. The minimum Gasteiger partial charge on any atom is -0.466 e. The Morgan fingerprint density at radius 3 is 2.50 bits per heavy atom. The molecule has 2 aromatic carbocycles. The van der Waals surface area contributed by atoms with Gasteiger partial charge in [-0.3, -0.25) is 9.59 Å². The van der Waals surface area contributed by atoms with Crippen LogP contribution in [0, 0.1) is 13.8 Å². The molecule has 0 radical (unpaired) electrons. The summed E-state index contributed by atoms with van der Waals surface area (Å²) in [5.41, 5.74) is 2.12. The van der Waals surface area contributed by atoms with Crippen molar-refractivity contribution in [3.05, 3.63) is 59.2 Å². The van der Waals surface area contributed by atoms with Gasteiger partial charge in [-0.15, -0.1) is 0 Å². The second-order valence-corrected chi connectivity index (χ2v) is 6.26. The van der Waals surface area contributed by atoms with Gasteiger partial charge in [-0.1, -0.05) is 35.9 Å². The molecule has 0 aromatic heterocycles. The number of carbonyl (C=O) groups excluding carboxylic acids is 2. The van der Waals surface area contributed by atoms with E-state index < -0.39 is 17.4 Å². The summed E-state index contributed by atoms with van der Waals surface area (Å²) in [6.45, 7) is 5.75. The molecule has 3 rings (SSSR count). The van der Waals surface area contributed by atoms with Crippen LogP contribution < -0.4 is 15.4 Å². The zero-order valence-corrected chi connectivity index (χ0v) is 14.0. The third kappa shape index (κ3) is 2.97. The van der Waals surface area contributed by atoms with Crippen molar-refractivity contribution in [1.82, 2.24) is 5.32 Å². The largest absolute Gasteiger partial charge is 0.466 e. The monoisotopic (exact) mass is 324 g/mol. The van der Waals surface area contributed by atoms with Crippen LogP contribution >= 0.6 is 0 Å². The molecule has 1 heterocycles. The molecule has 1 aliphatic heterocycles. The molecule has 2 amide bonds. The van der Waals surface area contributed by atoms with Gasteiger partial charge in [-0.25, -0.2) is 0 Å². The van der Waals surface area contributed by atoms with Crippen LogP contribution in [0.3, 0.4) is 0 Å². The van der Waals surface area contributed by atoms with E-state index in [1.54, 1.807) is 6.07 Å². The minimum atomic E-state index is -1.59. The van der Waals surface area contributed by atoms with Crippen molar-refractivity contribution in [2.24, 2.45) is 0 Å². The predicted molar refractivity (Wildman–Crippen MR) is 91.9 cm³/mol. The van der Waals surface area contributed by atoms with Crippen molar-refractivity contribution in [3.8, 4) is 5.75 Å². The third-order valence-electron chi connectivity index (χ3n) is 4.14. The first-order chi connectivity index (χ1) is 11.4. The number of nitrogens with one attached hydrogen (secondary N) is 2. The number of benzene rings is 2. The van der Waals surface area contributed by atoms with Crippen molar-refractivity contribution in [1.29, 1.82) is 0 Å². The number of aryl methyl sites for hydroxylation is 2. The van der Waals surface area contributed by atoms with E-state index >= 15 is 0 Å². The second-order valence-electron chi connectivity index (χ2n) is 6.26. The number of carbonyl (C=O) groups is 2. The smallest absolute Gasteiger partial charge is 0.278 e. The topological polar surface area (TPSA) is 67.4 Å². The van der Waals surface area contributed by atoms with Crippen LogP contribution in [0.15, 0.2) is 42.5 Å². The highest BCUT2D eigenvalue weighted by atomic mass is 16.5. The van der Waals surface area contributed by atoms with Gasteiger partial charge in [0.05, 0.1) is 5.69 Å². The van der Waals surface area contributed by atoms with Crippen molar-refractivity contribution < 1.29 is 14.3 Å². The molecule has 2 aromatic rings. The zero-order valence-electron chi connectivity index (χ0n) is 14.0. The van der Waals surface area contributed by atoms with Gasteiger partial charge in [0, 0.05) is 6.54 Å². The SMILES string of the molecule is Cc1ccc(CNC(=O)C2(C)Oc3ccc(C)cc3NC2=O)cc1. The van der Waals surface area contributed by atoms with Crippen molar-refractivity contribution in [3.63, 3.8) is 0 Å². The van der Waals surface area contributed by atoms with Crippen LogP contribution in [0.2, 0.25) is 0 Å². The van der Waals surface area contributed by atoms with Crippen molar-refractivity contribution in [2.45, 2.75) is 32.9 Å². The molecule has 0 aliphatic carbocycles. The summed E-state index contributed by atoms with van der Waals surface area (Å²) in [6, 6.07) is 13.3. The molecule has 124 valence electrons. The fourth-order valence-corrected chi connectivity index (χ4v) is 2.54. The van der Waals surface area contributed by atoms with Crippen LogP contribution in [0.25, 0.3) is 0 Å². The number of ether oxygens (including phenoxy) is 1. The number of amides is 2. The maximum absolute atomic E-state index is 12.6. The molecule has 0 spiro atoms. The lowest BCUT2D eigenvalue weighted by Gasteiger charge is -2.33. The summed E-state index contributed by atoms with van der Waals surface area (Å²) in [5.74, 6) is -0.443. The standard InChI is InChI=1S/C19H20N2O3/c1-12-4-7-14(8-5-12)11-20-17(22)19(3)18(23)21-15-10-13(2)6-9-16(15)24-19/h4-10H,11H2,1-3H3,(H,20,22)(H,21,23). The first-order valence-corrected chi connectivity index (χ1v) is 7.83. The van der Waals surface area contributed by atoms with Crippen molar-refractivity contribution in [2.75, 3.05) is 5.32 Å². The van der Waals surface area contributed by atoms with Gasteiger partial charge < -0.3 is 15.4 Å². The van der Waals surface area contributed by atoms with E-state index in [1.165, 1.54) is 6.92 Å². The molecule has 0 saturated heterocycles. The van der Waals surface area contributed by atoms with E-state index in [0.29, 0.717) is 18.0 Å². The first-order valence-electron chi connectivity index (χ1n) is 7.83. The van der Waals surface area contributed by atoms with Gasteiger partial charge in [0.25, 0.3) is 17.4 Å². The number of hydrogen-bond donors (Lipinski definition) is 2. The van der Waals surface area contributed by atoms with E-state index in [4.69, 9.17) is 4.74 Å². The van der Waals surface area contributed by atoms with E-state index in [9.17, 15) is 9.59 Å². The lowest BCUT2D eigenvalue weighted by atomic mass is 10.0. The number of hydrogen-bond acceptors (Lipinski definition) is 3. The minimum absolute atomic E-state index is 0.339. The molecule has 5 nitrogen and oxygen atoms in total. The maximum atomic E-state index is 12.6. The van der Waals surface area contributed by atoms with Crippen LogP contribution in [0.4, 0.5) is 5.69 Å². The fraction of sp³-hybridized carbons (Fsp3) is 0.263. The van der Waals surface area contributed by atoms with Gasteiger partial charge in [-0.05, 0) is 44.0 Å². The first kappa shape index (κ1) is 16.1. The third-order valence-corrected chi connectivity index (χ3v) is 4.14. The molecular formula is C19H20N2O3. The Labute approximate surface area is 141 Å². The zero-order chi connectivity index (χ0) is 17.3. The quantitative estimate of drug-likeness (QED) is 0.853. The molecule has 5 heteroatoms. The molecule has 1 atom stereocenters. The predicted octanol–water partition coefficient (Wildman–Crippen LogP) is 2.71. The summed E-state index contributed by atoms with van der Waals surface area (Å²) in [5, 5.41) is 5.53. The Balaban J connectivity index is 1.74. The Hall–Kier alpha value is -2.82. The van der Waals surface area contributed by atoms with Gasteiger partial charge >= 0.3 is 0 Å². The van der Waals surface area contributed by atoms with E-state index in [-0.39, 0.29) is 0 Å². The average molecular weight is 324 g/mol. The van der Waals surface area contributed by atoms with Crippen LogP contribution in [-0.4, -0.2) is 17.4 Å². The number of rotatable bonds is 3. The lowest BCUT2D eigenvalue weighted by molar-refractivity contribution is -0.146. The van der Waals surface area contributed by atoms with E-state index in [1.807, 2.05) is 50.2 Å². The summed E-state index contributed by atoms with van der Waals surface area (Å²) in [4.78, 5) is 24.9. The summed E-state index contributed by atoms with van der Waals surface area (Å²) >= 11 is 0. The molecule has 1 unspecified atom stereocenters. The fourth-order valence-electron chi connectivity index (χ4n) is 2.54. The maximum Gasteiger partial charge on any atom is 0.278 e. The Morgan fingerprint density at radius 1 is 1.12 bits per heavy atom. The van der Waals surface area contributed by atoms with Crippen LogP contribution in [0.1, 0.15) is 23.6 Å². The van der Waals surface area contributed by atoms with E-state index in [2.05, 4.69) is 10.6 Å². The average Bonchev–Trinajstić information content (AvgIpc) is 2.55. The highest BCUT2D eigenvalue weighted by Crippen LogP contribution is 2.34. The van der Waals surface area contributed by atoms with Gasteiger partial charge in [0.1, 0.15) is 5.75 Å². The normalized spacial score (nSPS) is 19.0. The number of fused-ring (bicyclic) bond motifs is 1. The molecule has 0 fully saturated rings. The van der Waals surface area contributed by atoms with Crippen molar-refractivity contribution >= 4 is 17.5 Å². The van der Waals surface area contributed by atoms with Gasteiger partial charge in [0.2, 0.25) is 0 Å². The Bertz CT molecular complexity index is 799. The van der Waals surface area contributed by atoms with Crippen LogP contribution in [-0.2, 0) is 16.1 Å². The highest BCUT2D eigenvalue weighted by Gasteiger charge is 2.47. The lowest BCUT2D eigenvalue weighted by Crippen LogP contribution is -2.58. The molecule has 24 heavy (non-hydrogen) atoms. The van der Waals surface area contributed by atoms with Crippen LogP contribution in [0.5, 0.6) is 5.75 Å².